The highest BCUT2D eigenvalue weighted by molar-refractivity contribution is 7.99. The lowest BCUT2D eigenvalue weighted by Gasteiger charge is -2.27. The number of rotatable bonds is 6. The Morgan fingerprint density at radius 3 is 2.74 bits per heavy atom. The Balaban J connectivity index is 1.36. The van der Waals surface area contributed by atoms with E-state index in [2.05, 4.69) is 36.8 Å². The van der Waals surface area contributed by atoms with Crippen molar-refractivity contribution in [3.8, 4) is 10.8 Å². The second-order valence-corrected chi connectivity index (χ2v) is 9.37. The smallest absolute Gasteiger partial charge is 0.257 e. The van der Waals surface area contributed by atoms with E-state index >= 15 is 0 Å². The fourth-order valence-corrected chi connectivity index (χ4v) is 5.01. The van der Waals surface area contributed by atoms with Crippen LogP contribution in [0.2, 0.25) is 0 Å². The maximum absolute atomic E-state index is 5.90. The van der Waals surface area contributed by atoms with Crippen LogP contribution in [0.1, 0.15) is 56.2 Å². The first-order valence-electron chi connectivity index (χ1n) is 9.53. The van der Waals surface area contributed by atoms with Gasteiger partial charge in [-0.05, 0) is 50.5 Å². The monoisotopic (exact) mass is 402 g/mol. The van der Waals surface area contributed by atoms with Crippen LogP contribution in [-0.2, 0) is 0 Å². The van der Waals surface area contributed by atoms with Gasteiger partial charge in [-0.1, -0.05) is 17.8 Å². The first-order valence-corrected chi connectivity index (χ1v) is 11.3. The number of thioether (sulfide) groups is 1. The van der Waals surface area contributed by atoms with Crippen LogP contribution in [0.5, 0.6) is 0 Å². The Morgan fingerprint density at radius 2 is 2.00 bits per heavy atom. The van der Waals surface area contributed by atoms with Crippen LogP contribution in [0.25, 0.3) is 10.8 Å². The highest BCUT2D eigenvalue weighted by Crippen LogP contribution is 2.44. The van der Waals surface area contributed by atoms with Crippen LogP contribution >= 0.6 is 23.1 Å². The summed E-state index contributed by atoms with van der Waals surface area (Å²) >= 11 is 3.26. The van der Waals surface area contributed by atoms with Gasteiger partial charge in [-0.3, -0.25) is 4.57 Å². The van der Waals surface area contributed by atoms with Gasteiger partial charge in [-0.25, -0.2) is 0 Å². The van der Waals surface area contributed by atoms with Crippen molar-refractivity contribution in [2.45, 2.75) is 55.5 Å². The van der Waals surface area contributed by atoms with E-state index in [-0.39, 0.29) is 5.25 Å². The van der Waals surface area contributed by atoms with Crippen molar-refractivity contribution in [2.24, 2.45) is 0 Å². The lowest BCUT2D eigenvalue weighted by Crippen LogP contribution is -2.31. The highest BCUT2D eigenvalue weighted by atomic mass is 32.2. The second-order valence-electron chi connectivity index (χ2n) is 7.11. The van der Waals surface area contributed by atoms with Crippen molar-refractivity contribution < 1.29 is 4.42 Å². The number of aromatic nitrogens is 5. The van der Waals surface area contributed by atoms with Gasteiger partial charge in [0.15, 0.2) is 5.16 Å². The van der Waals surface area contributed by atoms with Crippen LogP contribution in [0.3, 0.4) is 0 Å². The average Bonchev–Trinajstić information content (AvgIpc) is 3.11. The van der Waals surface area contributed by atoms with Gasteiger partial charge in [0.25, 0.3) is 5.89 Å². The molecule has 1 atom stereocenters. The molecule has 3 aromatic rings. The van der Waals surface area contributed by atoms with E-state index in [1.165, 1.54) is 32.1 Å². The third-order valence-corrected chi connectivity index (χ3v) is 6.90. The van der Waals surface area contributed by atoms with Gasteiger partial charge in [0, 0.05) is 19.1 Å². The van der Waals surface area contributed by atoms with Crippen molar-refractivity contribution in [3.63, 3.8) is 0 Å². The fraction of sp³-hybridized carbons (Fsp3) is 0.556. The molecular formula is C18H22N6OS2. The molecule has 2 aliphatic rings. The average molecular weight is 403 g/mol. The molecule has 9 heteroatoms. The van der Waals surface area contributed by atoms with E-state index in [1.807, 2.05) is 17.5 Å². The molecule has 0 spiro atoms. The molecule has 0 amide bonds. The summed E-state index contributed by atoms with van der Waals surface area (Å²) < 4.78 is 8.24. The maximum Gasteiger partial charge on any atom is 0.257 e. The first kappa shape index (κ1) is 17.2. The number of thiophene rings is 1. The van der Waals surface area contributed by atoms with E-state index in [9.17, 15) is 0 Å². The van der Waals surface area contributed by atoms with Gasteiger partial charge in [-0.2, -0.15) is 0 Å². The largest absolute Gasteiger partial charge is 0.419 e. The Kier molecular flexibility index (Phi) is 4.65. The van der Waals surface area contributed by atoms with Crippen LogP contribution in [-0.4, -0.2) is 38.1 Å². The van der Waals surface area contributed by atoms with Gasteiger partial charge in [-0.15, -0.1) is 31.7 Å². The molecule has 4 heterocycles. The molecular weight excluding hydrogens is 380 g/mol. The number of anilines is 1. The van der Waals surface area contributed by atoms with Crippen LogP contribution < -0.4 is 4.90 Å². The Bertz CT molecular complexity index is 895. The summed E-state index contributed by atoms with van der Waals surface area (Å²) in [6.45, 7) is 4.25. The molecule has 142 valence electrons. The molecule has 1 unspecified atom stereocenters. The Labute approximate surface area is 166 Å². The summed E-state index contributed by atoms with van der Waals surface area (Å²) in [7, 11) is 0. The SMILES string of the molecule is CC(Sc1nnc(N2CCCCC2)n1C1CC1)c1nnc(-c2cccs2)o1. The van der Waals surface area contributed by atoms with Crippen LogP contribution in [0.4, 0.5) is 5.95 Å². The quantitative estimate of drug-likeness (QED) is 0.559. The predicted octanol–water partition coefficient (Wildman–Crippen LogP) is 4.57. The van der Waals surface area contributed by atoms with E-state index < -0.39 is 0 Å². The lowest BCUT2D eigenvalue weighted by atomic mass is 10.1. The lowest BCUT2D eigenvalue weighted by molar-refractivity contribution is 0.509. The molecule has 27 heavy (non-hydrogen) atoms. The molecule has 0 aromatic carbocycles. The molecule has 0 N–H and O–H groups in total. The maximum atomic E-state index is 5.90. The number of hydrogen-bond acceptors (Lipinski definition) is 8. The molecule has 1 saturated carbocycles. The Morgan fingerprint density at radius 1 is 1.15 bits per heavy atom. The topological polar surface area (TPSA) is 72.9 Å². The summed E-state index contributed by atoms with van der Waals surface area (Å²) in [5, 5.41) is 20.5. The molecule has 0 radical (unpaired) electrons. The van der Waals surface area contributed by atoms with Crippen LogP contribution in [0.15, 0.2) is 27.1 Å². The summed E-state index contributed by atoms with van der Waals surface area (Å²) in [4.78, 5) is 3.39. The van der Waals surface area contributed by atoms with Crippen molar-refractivity contribution in [1.29, 1.82) is 0 Å². The molecule has 1 aliphatic carbocycles. The standard InChI is InChI=1S/C18H22N6OS2/c1-12(15-19-20-16(25-15)14-6-5-11-26-14)27-18-22-21-17(24(18)13-7-8-13)23-9-3-2-4-10-23/h5-6,11-13H,2-4,7-10H2,1H3. The minimum atomic E-state index is 0.0297. The summed E-state index contributed by atoms with van der Waals surface area (Å²) in [6, 6.07) is 4.52. The van der Waals surface area contributed by atoms with E-state index in [0.717, 1.165) is 29.1 Å². The molecule has 5 rings (SSSR count). The second kappa shape index (κ2) is 7.27. The zero-order valence-corrected chi connectivity index (χ0v) is 16.9. The Hall–Kier alpha value is -1.87. The molecule has 2 fully saturated rings. The minimum absolute atomic E-state index is 0.0297. The first-order chi connectivity index (χ1) is 13.3. The normalized spacial score (nSPS) is 18.8. The molecule has 1 saturated heterocycles. The highest BCUT2D eigenvalue weighted by Gasteiger charge is 2.33. The summed E-state index contributed by atoms with van der Waals surface area (Å²) in [5.74, 6) is 2.26. The van der Waals surface area contributed by atoms with Gasteiger partial charge < -0.3 is 9.32 Å². The van der Waals surface area contributed by atoms with Crippen molar-refractivity contribution in [3.05, 3.63) is 23.4 Å². The van der Waals surface area contributed by atoms with E-state index in [0.29, 0.717) is 17.8 Å². The van der Waals surface area contributed by atoms with Gasteiger partial charge in [0.1, 0.15) is 0 Å². The van der Waals surface area contributed by atoms with Gasteiger partial charge >= 0.3 is 0 Å². The predicted molar refractivity (Wildman–Crippen MR) is 106 cm³/mol. The number of piperidine rings is 1. The number of hydrogen-bond donors (Lipinski definition) is 0. The zero-order valence-electron chi connectivity index (χ0n) is 15.2. The number of nitrogens with zero attached hydrogens (tertiary/aromatic N) is 6. The zero-order chi connectivity index (χ0) is 18.2. The summed E-state index contributed by atoms with van der Waals surface area (Å²) in [6.07, 6.45) is 6.22. The molecule has 3 aromatic heterocycles. The fourth-order valence-electron chi connectivity index (χ4n) is 3.42. The van der Waals surface area contributed by atoms with Crippen LogP contribution in [0, 0.1) is 0 Å². The van der Waals surface area contributed by atoms with E-state index in [1.54, 1.807) is 23.1 Å². The minimum Gasteiger partial charge on any atom is -0.419 e. The molecule has 0 bridgehead atoms. The van der Waals surface area contributed by atoms with Crippen molar-refractivity contribution in [2.75, 3.05) is 18.0 Å². The van der Waals surface area contributed by atoms with Crippen molar-refractivity contribution in [1.82, 2.24) is 25.0 Å². The van der Waals surface area contributed by atoms with Gasteiger partial charge in [0.05, 0.1) is 10.1 Å². The summed E-state index contributed by atoms with van der Waals surface area (Å²) in [5.41, 5.74) is 0. The molecule has 7 nitrogen and oxygen atoms in total. The van der Waals surface area contributed by atoms with Crippen molar-refractivity contribution >= 4 is 29.0 Å². The van der Waals surface area contributed by atoms with Gasteiger partial charge in [0.2, 0.25) is 11.8 Å². The third kappa shape index (κ3) is 3.50. The molecule has 1 aliphatic heterocycles. The van der Waals surface area contributed by atoms with E-state index in [4.69, 9.17) is 4.42 Å². The third-order valence-electron chi connectivity index (χ3n) is 5.00.